The second-order valence-corrected chi connectivity index (χ2v) is 5.17. The first-order valence-electron chi connectivity index (χ1n) is 7.08. The van der Waals surface area contributed by atoms with E-state index < -0.39 is 6.10 Å². The zero-order valence-electron chi connectivity index (χ0n) is 12.6. The van der Waals surface area contributed by atoms with Gasteiger partial charge in [0.25, 0.3) is 11.5 Å². The fourth-order valence-corrected chi connectivity index (χ4v) is 1.96. The maximum absolute atomic E-state index is 12.3. The number of aromatic nitrogens is 2. The van der Waals surface area contributed by atoms with Gasteiger partial charge in [0.05, 0.1) is 11.8 Å². The molecule has 6 nitrogen and oxygen atoms in total. The fraction of sp³-hybridized carbons (Fsp3) is 0.312. The van der Waals surface area contributed by atoms with Crippen LogP contribution in [-0.4, -0.2) is 45.4 Å². The second-order valence-electron chi connectivity index (χ2n) is 5.17. The first kappa shape index (κ1) is 15.9. The predicted molar refractivity (Wildman–Crippen MR) is 83.1 cm³/mol. The molecule has 0 aliphatic heterocycles. The van der Waals surface area contributed by atoms with Crippen LogP contribution in [0.2, 0.25) is 0 Å². The highest BCUT2D eigenvalue weighted by Crippen LogP contribution is 2.05. The molecule has 0 aliphatic carbocycles. The monoisotopic (exact) mass is 301 g/mol. The van der Waals surface area contributed by atoms with E-state index in [0.717, 1.165) is 0 Å². The zero-order chi connectivity index (χ0) is 16.1. The van der Waals surface area contributed by atoms with E-state index in [1.54, 1.807) is 38.2 Å². The second kappa shape index (κ2) is 7.00. The van der Waals surface area contributed by atoms with E-state index in [1.165, 1.54) is 21.7 Å². The lowest BCUT2D eigenvalue weighted by atomic mass is 10.2. The summed E-state index contributed by atoms with van der Waals surface area (Å²) in [5.41, 5.74) is 0.500. The third-order valence-electron chi connectivity index (χ3n) is 3.25. The Morgan fingerprint density at radius 2 is 1.95 bits per heavy atom. The minimum Gasteiger partial charge on any atom is -0.393 e. The van der Waals surface area contributed by atoms with Crippen LogP contribution in [0.15, 0.2) is 47.3 Å². The maximum Gasteiger partial charge on any atom is 0.274 e. The van der Waals surface area contributed by atoms with Crippen molar-refractivity contribution in [2.24, 2.45) is 0 Å². The Balaban J connectivity index is 2.26. The summed E-state index contributed by atoms with van der Waals surface area (Å²) in [5.74, 6) is -0.287. The minimum absolute atomic E-state index is 0.191. The number of carbonyl (C=O) groups is 1. The molecule has 1 unspecified atom stereocenters. The van der Waals surface area contributed by atoms with Crippen molar-refractivity contribution >= 4 is 5.91 Å². The number of nitrogens with zero attached hydrogens (tertiary/aromatic N) is 3. The summed E-state index contributed by atoms with van der Waals surface area (Å²) in [6.45, 7) is 2.09. The first-order valence-corrected chi connectivity index (χ1v) is 7.08. The van der Waals surface area contributed by atoms with Crippen molar-refractivity contribution in [3.05, 3.63) is 58.5 Å². The number of benzene rings is 1. The van der Waals surface area contributed by atoms with Crippen LogP contribution in [0.1, 0.15) is 23.8 Å². The molecule has 6 heteroatoms. The molecule has 1 atom stereocenters. The van der Waals surface area contributed by atoms with E-state index in [2.05, 4.69) is 5.10 Å². The highest BCUT2D eigenvalue weighted by Gasteiger charge is 2.15. The molecule has 0 radical (unpaired) electrons. The molecule has 0 saturated carbocycles. The molecule has 1 aromatic heterocycles. The Kier molecular flexibility index (Phi) is 5.06. The standard InChI is InChI=1S/C16H19N3O3/c1-12(20)10-11-18(2)16(22)14-8-9-15(21)19(17-14)13-6-4-3-5-7-13/h3-9,12,20H,10-11H2,1-2H3. The molecule has 116 valence electrons. The fourth-order valence-electron chi connectivity index (χ4n) is 1.96. The Hall–Kier alpha value is -2.47. The van der Waals surface area contributed by atoms with Gasteiger partial charge in [-0.2, -0.15) is 9.78 Å². The Morgan fingerprint density at radius 1 is 1.27 bits per heavy atom. The van der Waals surface area contributed by atoms with Crippen molar-refractivity contribution in [2.45, 2.75) is 19.4 Å². The number of amides is 1. The molecule has 0 saturated heterocycles. The van der Waals surface area contributed by atoms with E-state index in [0.29, 0.717) is 18.7 Å². The van der Waals surface area contributed by atoms with E-state index in [9.17, 15) is 14.7 Å². The largest absolute Gasteiger partial charge is 0.393 e. The third-order valence-corrected chi connectivity index (χ3v) is 3.25. The van der Waals surface area contributed by atoms with Gasteiger partial charge in [0.2, 0.25) is 0 Å². The van der Waals surface area contributed by atoms with Gasteiger partial charge >= 0.3 is 0 Å². The highest BCUT2D eigenvalue weighted by atomic mass is 16.3. The van der Waals surface area contributed by atoms with Crippen LogP contribution in [0, 0.1) is 0 Å². The summed E-state index contributed by atoms with van der Waals surface area (Å²) < 4.78 is 1.20. The molecule has 0 aliphatic rings. The average Bonchev–Trinajstić information content (AvgIpc) is 2.53. The van der Waals surface area contributed by atoms with Gasteiger partial charge in [-0.05, 0) is 31.5 Å². The van der Waals surface area contributed by atoms with E-state index >= 15 is 0 Å². The van der Waals surface area contributed by atoms with Gasteiger partial charge in [-0.3, -0.25) is 9.59 Å². The van der Waals surface area contributed by atoms with Gasteiger partial charge < -0.3 is 10.0 Å². The third kappa shape index (κ3) is 3.79. The molecule has 1 aromatic carbocycles. The van der Waals surface area contributed by atoms with Gasteiger partial charge in [0.1, 0.15) is 5.69 Å². The maximum atomic E-state index is 12.3. The summed E-state index contributed by atoms with van der Waals surface area (Å²) in [6, 6.07) is 11.7. The molecule has 2 aromatic rings. The number of rotatable bonds is 5. The van der Waals surface area contributed by atoms with Gasteiger partial charge in [0, 0.05) is 19.7 Å². The zero-order valence-corrected chi connectivity index (χ0v) is 12.6. The summed E-state index contributed by atoms with van der Waals surface area (Å²) in [6.07, 6.45) is 0.0158. The van der Waals surface area contributed by atoms with Crippen LogP contribution in [-0.2, 0) is 0 Å². The predicted octanol–water partition coefficient (Wildman–Crippen LogP) is 1.08. The van der Waals surface area contributed by atoms with Gasteiger partial charge in [-0.1, -0.05) is 18.2 Å². The normalized spacial score (nSPS) is 12.0. The van der Waals surface area contributed by atoms with Crippen molar-refractivity contribution < 1.29 is 9.90 Å². The van der Waals surface area contributed by atoms with Gasteiger partial charge in [-0.15, -0.1) is 0 Å². The molecule has 1 heterocycles. The number of hydrogen-bond acceptors (Lipinski definition) is 4. The van der Waals surface area contributed by atoms with Crippen LogP contribution in [0.4, 0.5) is 0 Å². The van der Waals surface area contributed by atoms with Crippen LogP contribution in [0.5, 0.6) is 0 Å². The number of para-hydroxylation sites is 1. The van der Waals surface area contributed by atoms with Crippen LogP contribution >= 0.6 is 0 Å². The molecule has 0 spiro atoms. The lowest BCUT2D eigenvalue weighted by molar-refractivity contribution is 0.0761. The molecular formula is C16H19N3O3. The molecular weight excluding hydrogens is 282 g/mol. The van der Waals surface area contributed by atoms with E-state index in [-0.39, 0.29) is 17.2 Å². The number of carbonyl (C=O) groups excluding carboxylic acids is 1. The minimum atomic E-state index is -0.471. The molecule has 0 fully saturated rings. The van der Waals surface area contributed by atoms with Gasteiger partial charge in [0.15, 0.2) is 0 Å². The summed E-state index contributed by atoms with van der Waals surface area (Å²) in [4.78, 5) is 25.7. The summed E-state index contributed by atoms with van der Waals surface area (Å²) in [5, 5.41) is 13.4. The van der Waals surface area contributed by atoms with Crippen molar-refractivity contribution in [2.75, 3.05) is 13.6 Å². The van der Waals surface area contributed by atoms with Crippen molar-refractivity contribution in [1.29, 1.82) is 0 Å². The Labute approximate surface area is 128 Å². The molecule has 0 bridgehead atoms. The van der Waals surface area contributed by atoms with Crippen molar-refractivity contribution in [1.82, 2.24) is 14.7 Å². The van der Waals surface area contributed by atoms with Crippen molar-refractivity contribution in [3.8, 4) is 5.69 Å². The topological polar surface area (TPSA) is 75.4 Å². The number of aliphatic hydroxyl groups is 1. The SMILES string of the molecule is CC(O)CCN(C)C(=O)c1ccc(=O)n(-c2ccccc2)n1. The lowest BCUT2D eigenvalue weighted by Gasteiger charge is -2.17. The molecule has 1 amide bonds. The smallest absolute Gasteiger partial charge is 0.274 e. The molecule has 22 heavy (non-hydrogen) atoms. The number of aliphatic hydroxyl groups excluding tert-OH is 1. The van der Waals surface area contributed by atoms with Crippen molar-refractivity contribution in [3.63, 3.8) is 0 Å². The van der Waals surface area contributed by atoms with Gasteiger partial charge in [-0.25, -0.2) is 0 Å². The van der Waals surface area contributed by atoms with E-state index in [1.807, 2.05) is 6.07 Å². The van der Waals surface area contributed by atoms with Crippen LogP contribution in [0.25, 0.3) is 5.69 Å². The highest BCUT2D eigenvalue weighted by molar-refractivity contribution is 5.91. The van der Waals surface area contributed by atoms with Crippen LogP contribution in [0.3, 0.4) is 0 Å². The molecule has 1 N–H and O–H groups in total. The Morgan fingerprint density at radius 3 is 2.59 bits per heavy atom. The van der Waals surface area contributed by atoms with Crippen LogP contribution < -0.4 is 5.56 Å². The quantitative estimate of drug-likeness (QED) is 0.896. The Bertz CT molecular complexity index is 695. The lowest BCUT2D eigenvalue weighted by Crippen LogP contribution is -2.32. The summed E-state index contributed by atoms with van der Waals surface area (Å²) in [7, 11) is 1.64. The number of hydrogen-bond donors (Lipinski definition) is 1. The molecule has 2 rings (SSSR count). The average molecular weight is 301 g/mol. The first-order chi connectivity index (χ1) is 10.5. The van der Waals surface area contributed by atoms with E-state index in [4.69, 9.17) is 0 Å². The summed E-state index contributed by atoms with van der Waals surface area (Å²) >= 11 is 0.